The first kappa shape index (κ1) is 11.5. The lowest BCUT2D eigenvalue weighted by Gasteiger charge is -2.49. The summed E-state index contributed by atoms with van der Waals surface area (Å²) in [5.41, 5.74) is 11.7. The lowest BCUT2D eigenvalue weighted by atomic mass is 9.78. The Morgan fingerprint density at radius 2 is 2.22 bits per heavy atom. The van der Waals surface area contributed by atoms with E-state index >= 15 is 0 Å². The number of aromatic nitrogens is 2. The Morgan fingerprint density at radius 3 is 2.83 bits per heavy atom. The first-order chi connectivity index (χ1) is 8.49. The van der Waals surface area contributed by atoms with Crippen LogP contribution >= 0.6 is 0 Å². The molecule has 1 radical (unpaired) electrons. The molecule has 1 aromatic rings. The van der Waals surface area contributed by atoms with Gasteiger partial charge in [-0.15, -0.1) is 0 Å². The molecule has 4 N–H and O–H groups in total. The maximum absolute atomic E-state index is 11.6. The highest BCUT2D eigenvalue weighted by atomic mass is 16.1. The van der Waals surface area contributed by atoms with E-state index in [2.05, 4.69) is 16.0 Å². The van der Waals surface area contributed by atoms with Gasteiger partial charge in [0.2, 0.25) is 5.95 Å². The van der Waals surface area contributed by atoms with E-state index < -0.39 is 0 Å². The molecule has 97 valence electrons. The van der Waals surface area contributed by atoms with Crippen LogP contribution < -0.4 is 21.9 Å². The lowest BCUT2D eigenvalue weighted by Crippen LogP contribution is -2.57. The van der Waals surface area contributed by atoms with Gasteiger partial charge in [-0.3, -0.25) is 9.36 Å². The van der Waals surface area contributed by atoms with Crippen LogP contribution in [-0.2, 0) is 7.05 Å². The summed E-state index contributed by atoms with van der Waals surface area (Å²) in [6, 6.07) is 2.81. The summed E-state index contributed by atoms with van der Waals surface area (Å²) < 4.78 is 1.50. The molecule has 6 nitrogen and oxygen atoms in total. The molecule has 1 saturated heterocycles. The third-order valence-electron chi connectivity index (χ3n) is 4.14. The fourth-order valence-electron chi connectivity index (χ4n) is 3.22. The summed E-state index contributed by atoms with van der Waals surface area (Å²) in [5, 5.41) is 0. The van der Waals surface area contributed by atoms with E-state index in [9.17, 15) is 4.79 Å². The minimum Gasteiger partial charge on any atom is -0.383 e. The van der Waals surface area contributed by atoms with Crippen LogP contribution in [0.15, 0.2) is 4.79 Å². The summed E-state index contributed by atoms with van der Waals surface area (Å²) in [7, 11) is 1.70. The van der Waals surface area contributed by atoms with Crippen LogP contribution in [0.2, 0.25) is 0 Å². The number of nitrogen functional groups attached to an aromatic ring is 1. The largest absolute Gasteiger partial charge is 0.383 e. The van der Waals surface area contributed by atoms with Gasteiger partial charge >= 0.3 is 0 Å². The first-order valence-corrected chi connectivity index (χ1v) is 6.25. The van der Waals surface area contributed by atoms with Crippen LogP contribution in [-0.4, -0.2) is 28.7 Å². The number of nitrogens with two attached hydrogens (primary N) is 2. The van der Waals surface area contributed by atoms with Crippen molar-refractivity contribution in [3.63, 3.8) is 0 Å². The molecule has 18 heavy (non-hydrogen) atoms. The summed E-state index contributed by atoms with van der Waals surface area (Å²) >= 11 is 0. The fraction of sp³-hybridized carbons (Fsp3) is 0.667. The van der Waals surface area contributed by atoms with E-state index in [0.29, 0.717) is 17.4 Å². The maximum Gasteiger partial charge on any atom is 0.265 e. The Kier molecular flexibility index (Phi) is 2.38. The van der Waals surface area contributed by atoms with Crippen LogP contribution in [0.4, 0.5) is 11.8 Å². The number of anilines is 2. The molecule has 1 atom stereocenters. The summed E-state index contributed by atoms with van der Waals surface area (Å²) in [4.78, 5) is 17.9. The molecule has 1 spiro atoms. The van der Waals surface area contributed by atoms with Gasteiger partial charge in [-0.1, -0.05) is 0 Å². The Morgan fingerprint density at radius 1 is 1.50 bits per heavy atom. The molecular weight excluding hydrogens is 230 g/mol. The van der Waals surface area contributed by atoms with Crippen molar-refractivity contribution in [1.29, 1.82) is 0 Å². The SMILES string of the molecule is Cn1c(N2CC3(CCC(N)C3)C2)nc(N)[c]c1=O. The monoisotopic (exact) mass is 248 g/mol. The highest BCUT2D eigenvalue weighted by Crippen LogP contribution is 2.45. The van der Waals surface area contributed by atoms with E-state index in [1.807, 2.05) is 0 Å². The van der Waals surface area contributed by atoms with Crippen molar-refractivity contribution in [2.45, 2.75) is 25.3 Å². The zero-order valence-corrected chi connectivity index (χ0v) is 10.5. The van der Waals surface area contributed by atoms with E-state index in [1.165, 1.54) is 11.0 Å². The average molecular weight is 248 g/mol. The molecule has 0 bridgehead atoms. The third kappa shape index (κ3) is 1.68. The molecular formula is C12H18N5O. The quantitative estimate of drug-likeness (QED) is 0.698. The van der Waals surface area contributed by atoms with Gasteiger partial charge in [-0.05, 0) is 19.3 Å². The van der Waals surface area contributed by atoms with Crippen molar-refractivity contribution in [3.8, 4) is 0 Å². The molecule has 6 heteroatoms. The minimum atomic E-state index is -0.235. The molecule has 0 amide bonds. The van der Waals surface area contributed by atoms with Crippen LogP contribution in [0.1, 0.15) is 19.3 Å². The Labute approximate surface area is 106 Å². The van der Waals surface area contributed by atoms with Crippen LogP contribution in [0, 0.1) is 11.5 Å². The van der Waals surface area contributed by atoms with Gasteiger partial charge in [0.15, 0.2) is 0 Å². The minimum absolute atomic E-state index is 0.164. The second-order valence-electron chi connectivity index (χ2n) is 5.65. The normalized spacial score (nSPS) is 25.4. The molecule has 0 aromatic carbocycles. The van der Waals surface area contributed by atoms with E-state index in [0.717, 1.165) is 25.9 Å². The van der Waals surface area contributed by atoms with Crippen molar-refractivity contribution in [2.24, 2.45) is 18.2 Å². The van der Waals surface area contributed by atoms with Gasteiger partial charge < -0.3 is 16.4 Å². The molecule has 2 fully saturated rings. The van der Waals surface area contributed by atoms with Gasteiger partial charge in [0.25, 0.3) is 5.56 Å². The van der Waals surface area contributed by atoms with Crippen LogP contribution in [0.25, 0.3) is 0 Å². The van der Waals surface area contributed by atoms with Crippen LogP contribution in [0.5, 0.6) is 0 Å². The van der Waals surface area contributed by atoms with Crippen molar-refractivity contribution in [1.82, 2.24) is 9.55 Å². The average Bonchev–Trinajstić information content (AvgIpc) is 2.64. The molecule has 1 aromatic heterocycles. The molecule has 2 heterocycles. The maximum atomic E-state index is 11.6. The zero-order chi connectivity index (χ0) is 12.9. The predicted molar refractivity (Wildman–Crippen MR) is 69.2 cm³/mol. The second kappa shape index (κ2) is 3.71. The van der Waals surface area contributed by atoms with Gasteiger partial charge in [-0.25, -0.2) is 0 Å². The van der Waals surface area contributed by atoms with Crippen LogP contribution in [0.3, 0.4) is 0 Å². The van der Waals surface area contributed by atoms with Gasteiger partial charge in [0.05, 0.1) is 6.07 Å². The summed E-state index contributed by atoms with van der Waals surface area (Å²) in [5.74, 6) is 0.805. The van der Waals surface area contributed by atoms with Crippen molar-refractivity contribution in [3.05, 3.63) is 16.4 Å². The first-order valence-electron chi connectivity index (χ1n) is 6.25. The Hall–Kier alpha value is -1.56. The molecule has 2 aliphatic rings. The third-order valence-corrected chi connectivity index (χ3v) is 4.14. The van der Waals surface area contributed by atoms with Gasteiger partial charge in [0, 0.05) is 31.6 Å². The molecule has 1 unspecified atom stereocenters. The molecule has 1 aliphatic heterocycles. The topological polar surface area (TPSA) is 90.2 Å². The van der Waals surface area contributed by atoms with E-state index in [4.69, 9.17) is 11.5 Å². The standard InChI is InChI=1S/C12H18N5O/c1-16-10(18)4-9(14)15-11(16)17-6-12(7-17)3-2-8(13)5-12/h8H,2-3,5-7,13-14H2,1H3. The van der Waals surface area contributed by atoms with Crippen molar-refractivity contribution < 1.29 is 0 Å². The lowest BCUT2D eigenvalue weighted by molar-refractivity contribution is 0.214. The Bertz CT molecular complexity index is 532. The number of hydrogen-bond donors (Lipinski definition) is 2. The molecule has 1 saturated carbocycles. The van der Waals surface area contributed by atoms with Gasteiger partial charge in [-0.2, -0.15) is 4.98 Å². The summed E-state index contributed by atoms with van der Waals surface area (Å²) in [6.45, 7) is 1.84. The second-order valence-corrected chi connectivity index (χ2v) is 5.65. The molecule has 1 aliphatic carbocycles. The van der Waals surface area contributed by atoms with Crippen molar-refractivity contribution in [2.75, 3.05) is 23.7 Å². The van der Waals surface area contributed by atoms with E-state index in [1.54, 1.807) is 7.05 Å². The number of nitrogens with zero attached hydrogens (tertiary/aromatic N) is 3. The summed E-state index contributed by atoms with van der Waals surface area (Å²) in [6.07, 6.45) is 3.35. The number of hydrogen-bond acceptors (Lipinski definition) is 5. The zero-order valence-electron chi connectivity index (χ0n) is 10.5. The predicted octanol–water partition coefficient (Wildman–Crippen LogP) is -0.520. The Balaban J connectivity index is 1.81. The highest BCUT2D eigenvalue weighted by molar-refractivity contribution is 5.42. The number of rotatable bonds is 1. The van der Waals surface area contributed by atoms with Gasteiger partial charge in [0.1, 0.15) is 5.82 Å². The van der Waals surface area contributed by atoms with E-state index in [-0.39, 0.29) is 11.4 Å². The molecule has 3 rings (SSSR count). The fourth-order valence-corrected chi connectivity index (χ4v) is 3.22. The smallest absolute Gasteiger partial charge is 0.265 e. The highest BCUT2D eigenvalue weighted by Gasteiger charge is 2.48. The van der Waals surface area contributed by atoms with Crippen molar-refractivity contribution >= 4 is 11.8 Å².